The van der Waals surface area contributed by atoms with E-state index in [9.17, 15) is 4.39 Å². The highest BCUT2D eigenvalue weighted by molar-refractivity contribution is 7.15. The van der Waals surface area contributed by atoms with Crippen LogP contribution in [-0.2, 0) is 12.8 Å². The summed E-state index contributed by atoms with van der Waals surface area (Å²) in [6, 6.07) is 6.49. The first-order valence-electron chi connectivity index (χ1n) is 6.12. The number of nitrogens with zero attached hydrogens (tertiary/aromatic N) is 2. The van der Waals surface area contributed by atoms with Crippen LogP contribution in [0.1, 0.15) is 11.3 Å². The van der Waals surface area contributed by atoms with E-state index in [4.69, 9.17) is 5.73 Å². The molecule has 98 valence electrons. The van der Waals surface area contributed by atoms with Crippen LogP contribution >= 0.6 is 11.3 Å². The second kappa shape index (κ2) is 5.11. The van der Waals surface area contributed by atoms with Gasteiger partial charge in [0, 0.05) is 30.2 Å². The number of rotatable bonds is 4. The standard InChI is InChI=1S/C14H14FN3S/c15-11-3-1-10(2-4-11)7-12(16)8-13-9-18-5-6-19-14(18)17-13/h1-6,9,12H,7-8,16H2. The predicted molar refractivity (Wildman–Crippen MR) is 74.9 cm³/mol. The van der Waals surface area contributed by atoms with Gasteiger partial charge in [-0.3, -0.25) is 4.40 Å². The highest BCUT2D eigenvalue weighted by Crippen LogP contribution is 2.13. The van der Waals surface area contributed by atoms with E-state index in [1.54, 1.807) is 23.5 Å². The molecule has 1 aromatic carbocycles. The van der Waals surface area contributed by atoms with Gasteiger partial charge in [0.05, 0.1) is 5.69 Å². The van der Waals surface area contributed by atoms with Crippen LogP contribution < -0.4 is 5.73 Å². The lowest BCUT2D eigenvalue weighted by molar-refractivity contribution is 0.623. The van der Waals surface area contributed by atoms with E-state index in [-0.39, 0.29) is 11.9 Å². The Balaban J connectivity index is 1.66. The van der Waals surface area contributed by atoms with E-state index < -0.39 is 0 Å². The molecule has 0 fully saturated rings. The molecule has 0 amide bonds. The molecule has 3 aromatic rings. The Morgan fingerprint density at radius 3 is 2.79 bits per heavy atom. The number of hydrogen-bond acceptors (Lipinski definition) is 3. The fourth-order valence-electron chi connectivity index (χ4n) is 2.14. The molecule has 0 aliphatic rings. The van der Waals surface area contributed by atoms with Crippen molar-refractivity contribution in [1.82, 2.24) is 9.38 Å². The van der Waals surface area contributed by atoms with Crippen molar-refractivity contribution in [1.29, 1.82) is 0 Å². The molecule has 3 nitrogen and oxygen atoms in total. The Morgan fingerprint density at radius 2 is 2.05 bits per heavy atom. The molecule has 0 saturated heterocycles. The third kappa shape index (κ3) is 2.83. The summed E-state index contributed by atoms with van der Waals surface area (Å²) in [5.74, 6) is -0.216. The number of halogens is 1. The van der Waals surface area contributed by atoms with E-state index in [1.165, 1.54) is 12.1 Å². The molecule has 5 heteroatoms. The highest BCUT2D eigenvalue weighted by Gasteiger charge is 2.09. The lowest BCUT2D eigenvalue weighted by Crippen LogP contribution is -2.25. The topological polar surface area (TPSA) is 43.3 Å². The van der Waals surface area contributed by atoms with Gasteiger partial charge in [-0.2, -0.15) is 0 Å². The van der Waals surface area contributed by atoms with Crippen molar-refractivity contribution in [2.24, 2.45) is 5.73 Å². The average Bonchev–Trinajstić information content (AvgIpc) is 2.92. The van der Waals surface area contributed by atoms with Gasteiger partial charge in [-0.15, -0.1) is 11.3 Å². The first-order chi connectivity index (χ1) is 9.20. The summed E-state index contributed by atoms with van der Waals surface area (Å²) in [5, 5.41) is 2.00. The monoisotopic (exact) mass is 275 g/mol. The molecule has 3 rings (SSSR count). The summed E-state index contributed by atoms with van der Waals surface area (Å²) >= 11 is 1.61. The Bertz CT molecular complexity index is 643. The van der Waals surface area contributed by atoms with Gasteiger partial charge < -0.3 is 5.73 Å². The van der Waals surface area contributed by atoms with Crippen molar-refractivity contribution >= 4 is 16.3 Å². The van der Waals surface area contributed by atoms with Crippen molar-refractivity contribution in [3.63, 3.8) is 0 Å². The summed E-state index contributed by atoms with van der Waals surface area (Å²) in [6.45, 7) is 0. The molecule has 0 bridgehead atoms. The summed E-state index contributed by atoms with van der Waals surface area (Å²) in [4.78, 5) is 5.50. The molecular weight excluding hydrogens is 261 g/mol. The Morgan fingerprint density at radius 1 is 1.26 bits per heavy atom. The lowest BCUT2D eigenvalue weighted by atomic mass is 10.0. The fourth-order valence-corrected chi connectivity index (χ4v) is 2.86. The third-order valence-corrected chi connectivity index (χ3v) is 3.80. The average molecular weight is 275 g/mol. The highest BCUT2D eigenvalue weighted by atomic mass is 32.1. The first kappa shape index (κ1) is 12.3. The quantitative estimate of drug-likeness (QED) is 0.795. The second-order valence-electron chi connectivity index (χ2n) is 4.62. The van der Waals surface area contributed by atoms with Crippen LogP contribution in [0.15, 0.2) is 42.0 Å². The Kier molecular flexibility index (Phi) is 3.31. The maximum atomic E-state index is 12.8. The molecule has 2 N–H and O–H groups in total. The van der Waals surface area contributed by atoms with Crippen LogP contribution in [0, 0.1) is 5.82 Å². The third-order valence-electron chi connectivity index (χ3n) is 3.03. The first-order valence-corrected chi connectivity index (χ1v) is 7.00. The normalized spacial score (nSPS) is 12.9. The van der Waals surface area contributed by atoms with Crippen LogP contribution in [0.5, 0.6) is 0 Å². The number of thiazole rings is 1. The van der Waals surface area contributed by atoms with Crippen LogP contribution in [0.3, 0.4) is 0 Å². The molecule has 1 unspecified atom stereocenters. The molecule has 0 aliphatic carbocycles. The SMILES string of the molecule is NC(Cc1ccc(F)cc1)Cc1cn2ccsc2n1. The van der Waals surface area contributed by atoms with Crippen molar-refractivity contribution in [3.05, 3.63) is 59.1 Å². The molecule has 0 aliphatic heterocycles. The summed E-state index contributed by atoms with van der Waals surface area (Å²) in [5.41, 5.74) is 8.18. The van der Waals surface area contributed by atoms with Gasteiger partial charge in [-0.25, -0.2) is 9.37 Å². The maximum Gasteiger partial charge on any atom is 0.193 e. The van der Waals surface area contributed by atoms with Gasteiger partial charge in [0.2, 0.25) is 0 Å². The minimum Gasteiger partial charge on any atom is -0.327 e. The number of imidazole rings is 1. The van der Waals surface area contributed by atoms with Gasteiger partial charge in [0.25, 0.3) is 0 Å². The number of nitrogens with two attached hydrogens (primary N) is 1. The number of benzene rings is 1. The number of hydrogen-bond donors (Lipinski definition) is 1. The lowest BCUT2D eigenvalue weighted by Gasteiger charge is -2.09. The van der Waals surface area contributed by atoms with Crippen LogP contribution in [0.25, 0.3) is 4.96 Å². The van der Waals surface area contributed by atoms with E-state index >= 15 is 0 Å². The molecule has 0 radical (unpaired) electrons. The zero-order chi connectivity index (χ0) is 13.2. The molecule has 19 heavy (non-hydrogen) atoms. The van der Waals surface area contributed by atoms with E-state index in [0.29, 0.717) is 0 Å². The van der Waals surface area contributed by atoms with Gasteiger partial charge >= 0.3 is 0 Å². The summed E-state index contributed by atoms with van der Waals surface area (Å²) < 4.78 is 14.8. The van der Waals surface area contributed by atoms with Crippen molar-refractivity contribution in [2.75, 3.05) is 0 Å². The summed E-state index contributed by atoms with van der Waals surface area (Å²) in [6.07, 6.45) is 5.45. The van der Waals surface area contributed by atoms with E-state index in [1.807, 2.05) is 22.2 Å². The molecule has 0 saturated carbocycles. The van der Waals surface area contributed by atoms with Gasteiger partial charge in [0.1, 0.15) is 5.82 Å². The zero-order valence-corrected chi connectivity index (χ0v) is 11.1. The van der Waals surface area contributed by atoms with Crippen LogP contribution in [0.4, 0.5) is 4.39 Å². The van der Waals surface area contributed by atoms with Crippen LogP contribution in [-0.4, -0.2) is 15.4 Å². The minimum atomic E-state index is -0.216. The molecule has 2 heterocycles. The van der Waals surface area contributed by atoms with Gasteiger partial charge in [-0.1, -0.05) is 12.1 Å². The van der Waals surface area contributed by atoms with Crippen molar-refractivity contribution in [3.8, 4) is 0 Å². The van der Waals surface area contributed by atoms with Crippen molar-refractivity contribution < 1.29 is 4.39 Å². The molecule has 1 atom stereocenters. The van der Waals surface area contributed by atoms with Crippen molar-refractivity contribution in [2.45, 2.75) is 18.9 Å². The fraction of sp³-hybridized carbons (Fsp3) is 0.214. The number of fused-ring (bicyclic) bond motifs is 1. The Labute approximate surface area is 114 Å². The molecule has 0 spiro atoms. The zero-order valence-electron chi connectivity index (χ0n) is 10.3. The molecular formula is C14H14FN3S. The smallest absolute Gasteiger partial charge is 0.193 e. The Hall–Kier alpha value is -1.72. The number of aromatic nitrogens is 2. The van der Waals surface area contributed by atoms with Gasteiger partial charge in [-0.05, 0) is 24.1 Å². The largest absolute Gasteiger partial charge is 0.327 e. The summed E-state index contributed by atoms with van der Waals surface area (Å²) in [7, 11) is 0. The second-order valence-corrected chi connectivity index (χ2v) is 5.49. The molecule has 2 aromatic heterocycles. The van der Waals surface area contributed by atoms with Gasteiger partial charge in [0.15, 0.2) is 4.96 Å². The van der Waals surface area contributed by atoms with E-state index in [0.717, 1.165) is 29.1 Å². The maximum absolute atomic E-state index is 12.8. The predicted octanol–water partition coefficient (Wildman–Crippen LogP) is 2.65. The van der Waals surface area contributed by atoms with E-state index in [2.05, 4.69) is 4.98 Å². The minimum absolute atomic E-state index is 0.00457. The van der Waals surface area contributed by atoms with Crippen LogP contribution in [0.2, 0.25) is 0 Å².